The summed E-state index contributed by atoms with van der Waals surface area (Å²) in [6, 6.07) is 92.5. The van der Waals surface area contributed by atoms with Crippen LogP contribution in [0, 0.1) is 6.92 Å². The Morgan fingerprint density at radius 2 is 0.597 bits per heavy atom. The van der Waals surface area contributed by atoms with Gasteiger partial charge < -0.3 is 4.42 Å². The lowest BCUT2D eigenvalue weighted by molar-refractivity contribution is 0.582. The molecule has 0 aliphatic heterocycles. The van der Waals surface area contributed by atoms with Crippen molar-refractivity contribution in [2.45, 2.75) is 6.92 Å². The van der Waals surface area contributed by atoms with Crippen LogP contribution in [-0.2, 0) is 0 Å². The highest BCUT2D eigenvalue weighted by atomic mass is 28.3. The Kier molecular flexibility index (Phi) is 9.49. The van der Waals surface area contributed by atoms with Crippen molar-refractivity contribution in [1.29, 1.82) is 0 Å². The molecule has 0 bridgehead atoms. The molecule has 0 saturated carbocycles. The summed E-state index contributed by atoms with van der Waals surface area (Å²) in [7, 11) is -5.79. The van der Waals surface area contributed by atoms with E-state index >= 15 is 0 Å². The summed E-state index contributed by atoms with van der Waals surface area (Å²) in [4.78, 5) is 0. The molecule has 1 aromatic heterocycles. The summed E-state index contributed by atoms with van der Waals surface area (Å²) in [5.74, 6) is 0.967. The van der Waals surface area contributed by atoms with Gasteiger partial charge in [-0.05, 0) is 82.0 Å². The van der Waals surface area contributed by atoms with Crippen LogP contribution in [0.15, 0.2) is 253 Å². The lowest BCUT2D eigenvalue weighted by atomic mass is 9.91. The summed E-state index contributed by atoms with van der Waals surface area (Å²) >= 11 is 0. The number of rotatable bonds is 9. The zero-order valence-electron chi connectivity index (χ0n) is 34.6. The molecule has 1 heterocycles. The summed E-state index contributed by atoms with van der Waals surface area (Å²) in [6.07, 6.45) is 0. The first-order valence-electron chi connectivity index (χ1n) is 21.5. The van der Waals surface area contributed by atoms with Crippen molar-refractivity contribution in [3.63, 3.8) is 0 Å². The third-order valence-electron chi connectivity index (χ3n) is 13.1. The van der Waals surface area contributed by atoms with Crippen molar-refractivity contribution in [2.75, 3.05) is 0 Å². The lowest BCUT2D eigenvalue weighted by Crippen LogP contribution is -2.75. The van der Waals surface area contributed by atoms with Crippen molar-refractivity contribution in [3.8, 4) is 11.1 Å². The van der Waals surface area contributed by atoms with Crippen LogP contribution >= 0.6 is 0 Å². The maximum absolute atomic E-state index is 7.05. The molecule has 0 atom stereocenters. The van der Waals surface area contributed by atoms with E-state index in [9.17, 15) is 0 Å². The van der Waals surface area contributed by atoms with Gasteiger partial charge in [-0.3, -0.25) is 0 Å². The monoisotopic (exact) mass is 824 g/mol. The van der Waals surface area contributed by atoms with Gasteiger partial charge in [-0.25, -0.2) is 0 Å². The fourth-order valence-corrected chi connectivity index (χ4v) is 21.0. The zero-order chi connectivity index (χ0) is 41.5. The Hall–Kier alpha value is -7.31. The molecule has 1 nitrogen and oxygen atoms in total. The standard InChI is InChI=1S/C59H44OSi2/c1-43-58(61(45-24-8-2-9-25-45,46-26-10-3-11-27-46)47-28-12-4-13-29-47)55-41-40-44(42-56(55)60-43)57-51-36-20-22-38-53(51)59(54-39-23-21-37-52(54)57)62(48-30-14-5-15-31-48,49-32-16-6-17-33-49)50-34-18-7-19-35-50/h2-42H,1H3. The minimum atomic E-state index is -2.93. The van der Waals surface area contributed by atoms with E-state index in [1.54, 1.807) is 0 Å². The van der Waals surface area contributed by atoms with Crippen molar-refractivity contribution < 1.29 is 4.42 Å². The first-order valence-corrected chi connectivity index (χ1v) is 25.5. The second kappa shape index (κ2) is 15.6. The van der Waals surface area contributed by atoms with Crippen LogP contribution in [-0.4, -0.2) is 16.1 Å². The van der Waals surface area contributed by atoms with Gasteiger partial charge >= 0.3 is 0 Å². The molecule has 0 amide bonds. The van der Waals surface area contributed by atoms with E-state index in [-0.39, 0.29) is 0 Å². The maximum atomic E-state index is 7.05. The molecule has 0 N–H and O–H groups in total. The van der Waals surface area contributed by atoms with Gasteiger partial charge in [0.2, 0.25) is 0 Å². The van der Waals surface area contributed by atoms with E-state index in [1.807, 2.05) is 0 Å². The maximum Gasteiger partial charge on any atom is 0.184 e. The molecular formula is C59H44OSi2. The summed E-state index contributed by atoms with van der Waals surface area (Å²) < 4.78 is 7.05. The Balaban J connectivity index is 1.22. The van der Waals surface area contributed by atoms with E-state index in [1.165, 1.54) is 74.0 Å². The molecule has 3 heteroatoms. The van der Waals surface area contributed by atoms with Gasteiger partial charge in [-0.15, -0.1) is 0 Å². The number of aryl methyl sites for hydroxylation is 1. The molecule has 0 fully saturated rings. The number of hydrogen-bond acceptors (Lipinski definition) is 1. The predicted octanol–water partition coefficient (Wildman–Crippen LogP) is 9.47. The fraction of sp³-hybridized carbons (Fsp3) is 0.0169. The third kappa shape index (κ3) is 5.81. The zero-order valence-corrected chi connectivity index (χ0v) is 36.6. The van der Waals surface area contributed by atoms with Gasteiger partial charge in [0.1, 0.15) is 11.3 Å². The second-order valence-corrected chi connectivity index (χ2v) is 23.7. The molecular weight excluding hydrogens is 781 g/mol. The molecule has 0 spiro atoms. The second-order valence-electron chi connectivity index (χ2n) is 16.3. The first-order chi connectivity index (χ1) is 30.7. The topological polar surface area (TPSA) is 13.1 Å². The Morgan fingerprint density at radius 3 is 0.952 bits per heavy atom. The number of fused-ring (bicyclic) bond motifs is 3. The van der Waals surface area contributed by atoms with Crippen LogP contribution in [0.5, 0.6) is 0 Å². The normalized spacial score (nSPS) is 12.0. The molecule has 11 aromatic rings. The van der Waals surface area contributed by atoms with Gasteiger partial charge in [0.05, 0.1) is 0 Å². The molecule has 0 saturated heterocycles. The first kappa shape index (κ1) is 37.7. The van der Waals surface area contributed by atoms with E-state index < -0.39 is 16.1 Å². The van der Waals surface area contributed by atoms with Gasteiger partial charge in [0, 0.05) is 10.6 Å². The predicted molar refractivity (Wildman–Crippen MR) is 269 cm³/mol. The highest BCUT2D eigenvalue weighted by molar-refractivity contribution is 7.22. The molecule has 0 unspecified atom stereocenters. The number of benzene rings is 10. The van der Waals surface area contributed by atoms with Crippen molar-refractivity contribution >= 4 is 90.2 Å². The van der Waals surface area contributed by atoms with Gasteiger partial charge in [-0.2, -0.15) is 0 Å². The smallest absolute Gasteiger partial charge is 0.184 e. The van der Waals surface area contributed by atoms with Gasteiger partial charge in [0.25, 0.3) is 0 Å². The van der Waals surface area contributed by atoms with Crippen LogP contribution in [0.3, 0.4) is 0 Å². The van der Waals surface area contributed by atoms with E-state index in [0.717, 1.165) is 16.9 Å². The Bertz CT molecular complexity index is 3080. The van der Waals surface area contributed by atoms with E-state index in [4.69, 9.17) is 4.42 Å². The quantitative estimate of drug-likeness (QED) is 0.0804. The molecule has 0 aliphatic carbocycles. The average Bonchev–Trinajstić information content (AvgIpc) is 3.68. The van der Waals surface area contributed by atoms with Crippen LogP contribution in [0.1, 0.15) is 5.76 Å². The van der Waals surface area contributed by atoms with Crippen molar-refractivity contribution in [3.05, 3.63) is 254 Å². The van der Waals surface area contributed by atoms with Crippen LogP contribution in [0.25, 0.3) is 43.6 Å². The molecule has 10 aromatic carbocycles. The molecule has 62 heavy (non-hydrogen) atoms. The lowest BCUT2D eigenvalue weighted by Gasteiger charge is -2.37. The summed E-state index contributed by atoms with van der Waals surface area (Å²) in [6.45, 7) is 2.17. The van der Waals surface area contributed by atoms with E-state index in [2.05, 4.69) is 256 Å². The Labute approximate surface area is 365 Å². The summed E-state index contributed by atoms with van der Waals surface area (Å²) in [5.41, 5.74) is 3.29. The number of furan rings is 1. The SMILES string of the molecule is Cc1oc2cc(-c3c4ccccc4c([Si](c4ccccc4)(c4ccccc4)c4ccccc4)c4ccccc34)ccc2c1[Si](c1ccccc1)(c1ccccc1)c1ccccc1. The molecule has 0 aliphatic rings. The number of hydrogen-bond donors (Lipinski definition) is 0. The van der Waals surface area contributed by atoms with Gasteiger partial charge in [-0.1, -0.05) is 243 Å². The minimum absolute atomic E-state index is 0.911. The van der Waals surface area contributed by atoms with Crippen LogP contribution < -0.4 is 41.5 Å². The summed E-state index contributed by atoms with van der Waals surface area (Å²) in [5, 5.41) is 17.0. The molecule has 294 valence electrons. The highest BCUT2D eigenvalue weighted by Gasteiger charge is 2.46. The minimum Gasteiger partial charge on any atom is -0.461 e. The van der Waals surface area contributed by atoms with Crippen LogP contribution in [0.2, 0.25) is 0 Å². The Morgan fingerprint density at radius 1 is 0.290 bits per heavy atom. The molecule has 0 radical (unpaired) electrons. The van der Waals surface area contributed by atoms with Gasteiger partial charge in [0.15, 0.2) is 16.1 Å². The fourth-order valence-electron chi connectivity index (χ4n) is 10.7. The van der Waals surface area contributed by atoms with Crippen LogP contribution in [0.4, 0.5) is 0 Å². The third-order valence-corrected chi connectivity index (χ3v) is 22.9. The largest absolute Gasteiger partial charge is 0.461 e. The van der Waals surface area contributed by atoms with Crippen molar-refractivity contribution in [2.24, 2.45) is 0 Å². The highest BCUT2D eigenvalue weighted by Crippen LogP contribution is 2.38. The molecule has 11 rings (SSSR count). The van der Waals surface area contributed by atoms with Crippen molar-refractivity contribution in [1.82, 2.24) is 0 Å². The van der Waals surface area contributed by atoms with E-state index in [0.29, 0.717) is 0 Å². The average molecular weight is 825 g/mol.